The molecule has 1 aliphatic carbocycles. The first-order valence-corrected chi connectivity index (χ1v) is 8.75. The van der Waals surface area contributed by atoms with Crippen molar-refractivity contribution >= 4 is 24.2 Å². The average Bonchev–Trinajstić information content (AvgIpc) is 2.59. The van der Waals surface area contributed by atoms with Gasteiger partial charge in [0.15, 0.2) is 0 Å². The van der Waals surface area contributed by atoms with Crippen molar-refractivity contribution in [3.63, 3.8) is 0 Å². The van der Waals surface area contributed by atoms with E-state index in [1.165, 1.54) is 0 Å². The van der Waals surface area contributed by atoms with Crippen LogP contribution in [-0.4, -0.2) is 36.1 Å². The lowest BCUT2D eigenvalue weighted by Crippen LogP contribution is -2.76. The zero-order valence-corrected chi connectivity index (χ0v) is 16.7. The summed E-state index contributed by atoms with van der Waals surface area (Å²) in [5.41, 5.74) is 5.83. The first-order chi connectivity index (χ1) is 11.7. The SMILES string of the molecule is CCOC1CC(N)(C(=O)NC(C)C(=O)NCc2ccccc2)C1(C)C.Cl. The van der Waals surface area contributed by atoms with E-state index in [0.29, 0.717) is 19.6 Å². The largest absolute Gasteiger partial charge is 0.378 e. The Labute approximate surface area is 161 Å². The summed E-state index contributed by atoms with van der Waals surface area (Å²) in [5.74, 6) is -0.546. The molecule has 26 heavy (non-hydrogen) atoms. The van der Waals surface area contributed by atoms with E-state index in [2.05, 4.69) is 10.6 Å². The number of carbonyl (C=O) groups is 2. The van der Waals surface area contributed by atoms with Crippen LogP contribution >= 0.6 is 12.4 Å². The van der Waals surface area contributed by atoms with Crippen molar-refractivity contribution in [1.29, 1.82) is 0 Å². The van der Waals surface area contributed by atoms with Gasteiger partial charge in [0, 0.05) is 25.0 Å². The van der Waals surface area contributed by atoms with Crippen molar-refractivity contribution in [1.82, 2.24) is 10.6 Å². The van der Waals surface area contributed by atoms with Crippen LogP contribution in [0.2, 0.25) is 0 Å². The molecule has 4 N–H and O–H groups in total. The van der Waals surface area contributed by atoms with Gasteiger partial charge >= 0.3 is 0 Å². The van der Waals surface area contributed by atoms with Crippen LogP contribution in [0.4, 0.5) is 0 Å². The Morgan fingerprint density at radius 1 is 1.31 bits per heavy atom. The topological polar surface area (TPSA) is 93.4 Å². The van der Waals surface area contributed by atoms with Crippen LogP contribution in [0.25, 0.3) is 0 Å². The molecule has 0 radical (unpaired) electrons. The molecular formula is C19H30ClN3O3. The maximum Gasteiger partial charge on any atom is 0.242 e. The van der Waals surface area contributed by atoms with Crippen LogP contribution in [0.15, 0.2) is 30.3 Å². The maximum absolute atomic E-state index is 12.6. The quantitative estimate of drug-likeness (QED) is 0.668. The number of ether oxygens (including phenoxy) is 1. The van der Waals surface area contributed by atoms with Crippen LogP contribution in [0, 0.1) is 5.41 Å². The van der Waals surface area contributed by atoms with Gasteiger partial charge in [-0.05, 0) is 19.4 Å². The first-order valence-electron chi connectivity index (χ1n) is 8.75. The molecule has 7 heteroatoms. The normalized spacial score (nSPS) is 24.6. The number of benzene rings is 1. The van der Waals surface area contributed by atoms with Gasteiger partial charge in [0.1, 0.15) is 11.6 Å². The number of hydrogen-bond donors (Lipinski definition) is 3. The van der Waals surface area contributed by atoms with Crippen molar-refractivity contribution in [2.24, 2.45) is 11.1 Å². The van der Waals surface area contributed by atoms with E-state index >= 15 is 0 Å². The molecule has 3 unspecified atom stereocenters. The summed E-state index contributed by atoms with van der Waals surface area (Å²) in [6, 6.07) is 8.96. The number of halogens is 1. The van der Waals surface area contributed by atoms with E-state index in [-0.39, 0.29) is 30.3 Å². The summed E-state index contributed by atoms with van der Waals surface area (Å²) in [4.78, 5) is 24.9. The molecular weight excluding hydrogens is 354 g/mol. The highest BCUT2D eigenvalue weighted by molar-refractivity contribution is 5.93. The molecule has 0 spiro atoms. The predicted molar refractivity (Wildman–Crippen MR) is 104 cm³/mol. The van der Waals surface area contributed by atoms with Gasteiger partial charge in [-0.3, -0.25) is 9.59 Å². The van der Waals surface area contributed by atoms with Gasteiger partial charge in [-0.25, -0.2) is 0 Å². The Bertz CT molecular complexity index is 624. The van der Waals surface area contributed by atoms with Gasteiger partial charge in [-0.1, -0.05) is 44.2 Å². The highest BCUT2D eigenvalue weighted by Gasteiger charge is 2.63. The number of nitrogens with one attached hydrogen (secondary N) is 2. The fourth-order valence-electron chi connectivity index (χ4n) is 3.15. The molecule has 0 aromatic heterocycles. The third-order valence-electron chi connectivity index (χ3n) is 5.29. The van der Waals surface area contributed by atoms with Crippen molar-refractivity contribution in [2.45, 2.75) is 58.3 Å². The predicted octanol–water partition coefficient (Wildman–Crippen LogP) is 1.76. The lowest BCUT2D eigenvalue weighted by atomic mass is 9.54. The van der Waals surface area contributed by atoms with Crippen LogP contribution in [0.3, 0.4) is 0 Å². The Kier molecular flexibility index (Phi) is 7.62. The lowest BCUT2D eigenvalue weighted by molar-refractivity contribution is -0.171. The molecule has 0 saturated heterocycles. The Hall–Kier alpha value is -1.63. The Morgan fingerprint density at radius 3 is 2.46 bits per heavy atom. The lowest BCUT2D eigenvalue weighted by Gasteiger charge is -2.57. The summed E-state index contributed by atoms with van der Waals surface area (Å²) in [6.07, 6.45) is 0.411. The van der Waals surface area contributed by atoms with Crippen LogP contribution in [-0.2, 0) is 20.9 Å². The van der Waals surface area contributed by atoms with Gasteiger partial charge in [-0.2, -0.15) is 0 Å². The smallest absolute Gasteiger partial charge is 0.242 e. The second kappa shape index (κ2) is 8.84. The van der Waals surface area contributed by atoms with E-state index in [1.54, 1.807) is 6.92 Å². The minimum Gasteiger partial charge on any atom is -0.378 e. The summed E-state index contributed by atoms with van der Waals surface area (Å²) in [5, 5.41) is 5.57. The average molecular weight is 384 g/mol. The zero-order valence-electron chi connectivity index (χ0n) is 15.9. The molecule has 1 aromatic rings. The second-order valence-corrected chi connectivity index (χ2v) is 7.24. The van der Waals surface area contributed by atoms with Gasteiger partial charge in [0.2, 0.25) is 11.8 Å². The number of hydrogen-bond acceptors (Lipinski definition) is 4. The van der Waals surface area contributed by atoms with Crippen molar-refractivity contribution in [3.8, 4) is 0 Å². The molecule has 0 heterocycles. The molecule has 0 aliphatic heterocycles. The Morgan fingerprint density at radius 2 is 1.92 bits per heavy atom. The highest BCUT2D eigenvalue weighted by Crippen LogP contribution is 2.49. The number of nitrogens with two attached hydrogens (primary N) is 1. The molecule has 1 saturated carbocycles. The minimum absolute atomic E-state index is 0. The molecule has 3 atom stereocenters. The molecule has 2 amide bonds. The van der Waals surface area contributed by atoms with E-state index < -0.39 is 17.0 Å². The van der Waals surface area contributed by atoms with E-state index in [4.69, 9.17) is 10.5 Å². The van der Waals surface area contributed by atoms with Crippen molar-refractivity contribution in [2.75, 3.05) is 6.61 Å². The van der Waals surface area contributed by atoms with Crippen LogP contribution < -0.4 is 16.4 Å². The van der Waals surface area contributed by atoms with Crippen LogP contribution in [0.1, 0.15) is 39.7 Å². The molecule has 2 rings (SSSR count). The van der Waals surface area contributed by atoms with Crippen LogP contribution in [0.5, 0.6) is 0 Å². The molecule has 1 aromatic carbocycles. The fourth-order valence-corrected chi connectivity index (χ4v) is 3.15. The van der Waals surface area contributed by atoms with Gasteiger partial charge in [0.05, 0.1) is 6.10 Å². The molecule has 0 bridgehead atoms. The fraction of sp³-hybridized carbons (Fsp3) is 0.579. The van der Waals surface area contributed by atoms with Gasteiger partial charge in [0.25, 0.3) is 0 Å². The molecule has 1 aliphatic rings. The summed E-state index contributed by atoms with van der Waals surface area (Å²) < 4.78 is 5.64. The Balaban J connectivity index is 0.00000338. The summed E-state index contributed by atoms with van der Waals surface area (Å²) >= 11 is 0. The third-order valence-corrected chi connectivity index (χ3v) is 5.29. The maximum atomic E-state index is 12.6. The van der Waals surface area contributed by atoms with Crippen molar-refractivity contribution < 1.29 is 14.3 Å². The standard InChI is InChI=1S/C19H29N3O3.ClH/c1-5-25-15-11-19(20,18(15,3)4)17(24)22-13(2)16(23)21-12-14-9-7-6-8-10-14;/h6-10,13,15H,5,11-12,20H2,1-4H3,(H,21,23)(H,22,24);1H. The third kappa shape index (κ3) is 4.37. The number of carbonyl (C=O) groups excluding carboxylic acids is 2. The van der Waals surface area contributed by atoms with Gasteiger partial charge < -0.3 is 21.1 Å². The van der Waals surface area contributed by atoms with Gasteiger partial charge in [-0.15, -0.1) is 12.4 Å². The monoisotopic (exact) mass is 383 g/mol. The zero-order chi connectivity index (χ0) is 18.7. The second-order valence-electron chi connectivity index (χ2n) is 7.24. The molecule has 146 valence electrons. The molecule has 6 nitrogen and oxygen atoms in total. The van der Waals surface area contributed by atoms with E-state index in [1.807, 2.05) is 51.1 Å². The number of rotatable bonds is 7. The summed E-state index contributed by atoms with van der Waals surface area (Å²) in [7, 11) is 0. The first kappa shape index (κ1) is 22.4. The van der Waals surface area contributed by atoms with E-state index in [9.17, 15) is 9.59 Å². The summed E-state index contributed by atoms with van der Waals surface area (Å²) in [6.45, 7) is 8.45. The number of amides is 2. The highest BCUT2D eigenvalue weighted by atomic mass is 35.5. The minimum atomic E-state index is -1.03. The molecule has 1 fully saturated rings. The van der Waals surface area contributed by atoms with E-state index in [0.717, 1.165) is 5.56 Å². The van der Waals surface area contributed by atoms with Crippen molar-refractivity contribution in [3.05, 3.63) is 35.9 Å².